The van der Waals surface area contributed by atoms with Gasteiger partial charge in [-0.1, -0.05) is 32.8 Å². The van der Waals surface area contributed by atoms with Gasteiger partial charge in [0, 0.05) is 6.04 Å². The fourth-order valence-corrected chi connectivity index (χ4v) is 2.90. The van der Waals surface area contributed by atoms with E-state index in [1.807, 2.05) is 25.1 Å². The summed E-state index contributed by atoms with van der Waals surface area (Å²) in [6, 6.07) is 6.46. The van der Waals surface area contributed by atoms with Gasteiger partial charge >= 0.3 is 0 Å². The maximum Gasteiger partial charge on any atom is 0.144 e. The lowest BCUT2D eigenvalue weighted by molar-refractivity contribution is 0.217. The minimum Gasteiger partial charge on any atom is -0.492 e. The summed E-state index contributed by atoms with van der Waals surface area (Å²) in [5, 5.41) is 3.63. The van der Waals surface area contributed by atoms with Crippen molar-refractivity contribution in [1.29, 1.82) is 0 Å². The van der Waals surface area contributed by atoms with Crippen molar-refractivity contribution < 1.29 is 4.74 Å². The molecular weight excluding hydrogens is 236 g/mol. The number of ether oxygens (including phenoxy) is 1. The molecule has 3 nitrogen and oxygen atoms in total. The molecule has 1 aliphatic carbocycles. The van der Waals surface area contributed by atoms with Crippen molar-refractivity contribution in [3.05, 3.63) is 18.2 Å². The zero-order chi connectivity index (χ0) is 13.9. The molecule has 1 atom stereocenters. The number of rotatable bonds is 4. The van der Waals surface area contributed by atoms with E-state index in [0.717, 1.165) is 17.1 Å². The molecule has 1 aliphatic rings. The van der Waals surface area contributed by atoms with Gasteiger partial charge in [-0.25, -0.2) is 0 Å². The number of para-hydroxylation sites is 1. The highest BCUT2D eigenvalue weighted by atomic mass is 16.5. The van der Waals surface area contributed by atoms with E-state index in [1.54, 1.807) is 0 Å². The molecule has 0 bridgehead atoms. The smallest absolute Gasteiger partial charge is 0.144 e. The van der Waals surface area contributed by atoms with Gasteiger partial charge in [0.05, 0.1) is 18.0 Å². The van der Waals surface area contributed by atoms with Gasteiger partial charge in [0.1, 0.15) is 5.75 Å². The lowest BCUT2D eigenvalue weighted by Gasteiger charge is -2.40. The Balaban J connectivity index is 2.16. The van der Waals surface area contributed by atoms with Crippen LogP contribution in [-0.4, -0.2) is 12.6 Å². The van der Waals surface area contributed by atoms with Crippen LogP contribution < -0.4 is 15.8 Å². The first-order valence-electron chi connectivity index (χ1n) is 7.32. The SMILES string of the molecule is CCOc1cccc(NC2CCCCC2(C)C)c1N. The molecule has 0 radical (unpaired) electrons. The molecule has 1 aromatic carbocycles. The van der Waals surface area contributed by atoms with E-state index < -0.39 is 0 Å². The van der Waals surface area contributed by atoms with Crippen LogP contribution in [0.1, 0.15) is 46.5 Å². The largest absolute Gasteiger partial charge is 0.492 e. The number of benzene rings is 1. The number of anilines is 2. The van der Waals surface area contributed by atoms with Gasteiger partial charge in [0.2, 0.25) is 0 Å². The highest BCUT2D eigenvalue weighted by molar-refractivity contribution is 5.73. The van der Waals surface area contributed by atoms with Gasteiger partial charge in [0.25, 0.3) is 0 Å². The zero-order valence-electron chi connectivity index (χ0n) is 12.3. The van der Waals surface area contributed by atoms with Crippen LogP contribution in [0.3, 0.4) is 0 Å². The van der Waals surface area contributed by atoms with Crippen LogP contribution in [0.5, 0.6) is 5.75 Å². The number of hydrogen-bond donors (Lipinski definition) is 2. The van der Waals surface area contributed by atoms with Crippen molar-refractivity contribution in [3.63, 3.8) is 0 Å². The third-order valence-corrected chi connectivity index (χ3v) is 4.20. The lowest BCUT2D eigenvalue weighted by atomic mass is 9.73. The fraction of sp³-hybridized carbons (Fsp3) is 0.625. The molecule has 2 rings (SSSR count). The number of nitrogens with two attached hydrogens (primary N) is 1. The number of nitrogens with one attached hydrogen (secondary N) is 1. The summed E-state index contributed by atoms with van der Waals surface area (Å²) >= 11 is 0. The van der Waals surface area contributed by atoms with E-state index in [4.69, 9.17) is 10.5 Å². The average Bonchev–Trinajstić information content (AvgIpc) is 2.36. The van der Waals surface area contributed by atoms with E-state index in [0.29, 0.717) is 18.1 Å². The van der Waals surface area contributed by atoms with Gasteiger partial charge in [-0.15, -0.1) is 0 Å². The van der Waals surface area contributed by atoms with Gasteiger partial charge in [0.15, 0.2) is 0 Å². The maximum absolute atomic E-state index is 6.19. The Bertz CT molecular complexity index is 429. The Kier molecular flexibility index (Phi) is 4.23. The van der Waals surface area contributed by atoms with Crippen molar-refractivity contribution in [2.45, 2.75) is 52.5 Å². The summed E-state index contributed by atoms with van der Waals surface area (Å²) in [6.07, 6.45) is 5.12. The van der Waals surface area contributed by atoms with E-state index in [9.17, 15) is 0 Å². The standard InChI is InChI=1S/C16H26N2O/c1-4-19-13-9-7-8-12(15(13)17)18-14-10-5-6-11-16(14,2)3/h7-9,14,18H,4-6,10-11,17H2,1-3H3. The Morgan fingerprint density at radius 1 is 1.37 bits per heavy atom. The van der Waals surface area contributed by atoms with Crippen LogP contribution >= 0.6 is 0 Å². The van der Waals surface area contributed by atoms with Crippen LogP contribution in [0.15, 0.2) is 18.2 Å². The molecule has 106 valence electrons. The molecule has 19 heavy (non-hydrogen) atoms. The summed E-state index contributed by atoms with van der Waals surface area (Å²) in [4.78, 5) is 0. The average molecular weight is 262 g/mol. The summed E-state index contributed by atoms with van der Waals surface area (Å²) in [5.41, 5.74) is 8.25. The molecule has 0 spiro atoms. The Hall–Kier alpha value is -1.38. The topological polar surface area (TPSA) is 47.3 Å². The van der Waals surface area contributed by atoms with Gasteiger partial charge < -0.3 is 15.8 Å². The molecule has 1 unspecified atom stereocenters. The van der Waals surface area contributed by atoms with Crippen LogP contribution in [0, 0.1) is 5.41 Å². The molecule has 1 fully saturated rings. The molecule has 0 saturated heterocycles. The first-order valence-corrected chi connectivity index (χ1v) is 7.32. The van der Waals surface area contributed by atoms with Gasteiger partial charge in [-0.2, -0.15) is 0 Å². The molecule has 3 N–H and O–H groups in total. The molecule has 0 amide bonds. The van der Waals surface area contributed by atoms with Crippen molar-refractivity contribution in [3.8, 4) is 5.75 Å². The van der Waals surface area contributed by atoms with E-state index >= 15 is 0 Å². The predicted molar refractivity (Wildman–Crippen MR) is 81.7 cm³/mol. The molecular formula is C16H26N2O. The Labute approximate surface area is 116 Å². The summed E-state index contributed by atoms with van der Waals surface area (Å²) in [5.74, 6) is 0.779. The monoisotopic (exact) mass is 262 g/mol. The lowest BCUT2D eigenvalue weighted by Crippen LogP contribution is -2.39. The third kappa shape index (κ3) is 3.14. The molecule has 3 heteroatoms. The van der Waals surface area contributed by atoms with Crippen LogP contribution in [0.25, 0.3) is 0 Å². The van der Waals surface area contributed by atoms with Crippen LogP contribution in [0.4, 0.5) is 11.4 Å². The third-order valence-electron chi connectivity index (χ3n) is 4.20. The van der Waals surface area contributed by atoms with E-state index in [1.165, 1.54) is 25.7 Å². The second-order valence-electron chi connectivity index (χ2n) is 6.08. The molecule has 1 aromatic rings. The van der Waals surface area contributed by atoms with Gasteiger partial charge in [-0.05, 0) is 37.3 Å². The highest BCUT2D eigenvalue weighted by Gasteiger charge is 2.32. The van der Waals surface area contributed by atoms with Crippen molar-refractivity contribution in [2.24, 2.45) is 5.41 Å². The summed E-state index contributed by atoms with van der Waals surface area (Å²) < 4.78 is 5.55. The van der Waals surface area contributed by atoms with Crippen molar-refractivity contribution in [2.75, 3.05) is 17.7 Å². The van der Waals surface area contributed by atoms with Crippen LogP contribution in [0.2, 0.25) is 0 Å². The van der Waals surface area contributed by atoms with Gasteiger partial charge in [-0.3, -0.25) is 0 Å². The van der Waals surface area contributed by atoms with Crippen molar-refractivity contribution >= 4 is 11.4 Å². The first kappa shape index (κ1) is 14.0. The number of hydrogen-bond acceptors (Lipinski definition) is 3. The first-order chi connectivity index (χ1) is 9.04. The molecule has 0 aromatic heterocycles. The second kappa shape index (κ2) is 5.72. The predicted octanol–water partition coefficient (Wildman–Crippen LogP) is 4.05. The van der Waals surface area contributed by atoms with E-state index in [2.05, 4.69) is 19.2 Å². The Morgan fingerprint density at radius 3 is 2.84 bits per heavy atom. The second-order valence-corrected chi connectivity index (χ2v) is 6.08. The molecule has 0 aliphatic heterocycles. The van der Waals surface area contributed by atoms with E-state index in [-0.39, 0.29) is 0 Å². The number of nitrogen functional groups attached to an aromatic ring is 1. The van der Waals surface area contributed by atoms with Crippen molar-refractivity contribution in [1.82, 2.24) is 0 Å². The molecule has 1 saturated carbocycles. The van der Waals surface area contributed by atoms with Crippen LogP contribution in [-0.2, 0) is 0 Å². The fourth-order valence-electron chi connectivity index (χ4n) is 2.90. The minimum atomic E-state index is 0.326. The highest BCUT2D eigenvalue weighted by Crippen LogP contribution is 2.39. The normalized spacial score (nSPS) is 21.9. The summed E-state index contributed by atoms with van der Waals surface area (Å²) in [6.45, 7) is 7.30. The zero-order valence-corrected chi connectivity index (χ0v) is 12.3. The minimum absolute atomic E-state index is 0.326. The quantitative estimate of drug-likeness (QED) is 0.805. The molecule has 0 heterocycles. The summed E-state index contributed by atoms with van der Waals surface area (Å²) in [7, 11) is 0. The Morgan fingerprint density at radius 2 is 2.16 bits per heavy atom. The maximum atomic E-state index is 6.19.